The predicted octanol–water partition coefficient (Wildman–Crippen LogP) is 0.182. The highest BCUT2D eigenvalue weighted by Gasteiger charge is 2.45. The molecule has 3 heterocycles. The zero-order valence-electron chi connectivity index (χ0n) is 13.3. The van der Waals surface area contributed by atoms with Crippen molar-refractivity contribution in [1.82, 2.24) is 24.6 Å². The molecular formula is C15H23N5O2. The fourth-order valence-corrected chi connectivity index (χ4v) is 3.81. The summed E-state index contributed by atoms with van der Waals surface area (Å²) in [6.07, 6.45) is 3.40. The van der Waals surface area contributed by atoms with E-state index in [0.717, 1.165) is 31.0 Å². The summed E-state index contributed by atoms with van der Waals surface area (Å²) in [6.45, 7) is 5.39. The van der Waals surface area contributed by atoms with Crippen LogP contribution >= 0.6 is 0 Å². The molecule has 1 spiro atoms. The van der Waals surface area contributed by atoms with Gasteiger partial charge < -0.3 is 14.2 Å². The fraction of sp³-hybridized carbons (Fsp3) is 0.800. The van der Waals surface area contributed by atoms with Crippen molar-refractivity contribution >= 4 is 5.91 Å². The number of amides is 1. The van der Waals surface area contributed by atoms with Crippen molar-refractivity contribution < 1.29 is 9.53 Å². The van der Waals surface area contributed by atoms with Gasteiger partial charge in [0.1, 0.15) is 17.7 Å². The Morgan fingerprint density at radius 1 is 1.36 bits per heavy atom. The first-order chi connectivity index (χ1) is 10.6. The van der Waals surface area contributed by atoms with Crippen LogP contribution in [0.3, 0.4) is 0 Å². The van der Waals surface area contributed by atoms with Gasteiger partial charge in [-0.25, -0.2) is 0 Å². The molecule has 1 aromatic heterocycles. The summed E-state index contributed by atoms with van der Waals surface area (Å²) in [5.74, 6) is 2.05. The maximum Gasteiger partial charge on any atom is 0.241 e. The number of fused-ring (bicyclic) bond motifs is 1. The minimum atomic E-state index is -0.127. The zero-order valence-corrected chi connectivity index (χ0v) is 13.3. The van der Waals surface area contributed by atoms with Crippen LogP contribution in [0.5, 0.6) is 0 Å². The fourth-order valence-electron chi connectivity index (χ4n) is 3.81. The minimum absolute atomic E-state index is 0.0429. The van der Waals surface area contributed by atoms with Crippen molar-refractivity contribution in [1.29, 1.82) is 0 Å². The van der Waals surface area contributed by atoms with E-state index in [1.165, 1.54) is 6.42 Å². The highest BCUT2D eigenvalue weighted by molar-refractivity contribution is 5.82. The minimum Gasteiger partial charge on any atom is -0.371 e. The maximum atomic E-state index is 13.0. The lowest BCUT2D eigenvalue weighted by Crippen LogP contribution is -2.61. The Kier molecular flexibility index (Phi) is 3.23. The number of aromatic nitrogens is 3. The van der Waals surface area contributed by atoms with E-state index in [2.05, 4.69) is 19.7 Å². The molecule has 1 saturated carbocycles. The summed E-state index contributed by atoms with van der Waals surface area (Å²) >= 11 is 0. The first-order valence-electron chi connectivity index (χ1n) is 8.10. The van der Waals surface area contributed by atoms with Gasteiger partial charge in [0.2, 0.25) is 5.91 Å². The predicted molar refractivity (Wildman–Crippen MR) is 79.1 cm³/mol. The van der Waals surface area contributed by atoms with Gasteiger partial charge in [0.05, 0.1) is 25.3 Å². The van der Waals surface area contributed by atoms with Crippen LogP contribution in [-0.2, 0) is 22.6 Å². The molecule has 1 unspecified atom stereocenters. The lowest BCUT2D eigenvalue weighted by molar-refractivity contribution is -0.171. The smallest absolute Gasteiger partial charge is 0.241 e. The van der Waals surface area contributed by atoms with Crippen LogP contribution in [0, 0.1) is 6.92 Å². The van der Waals surface area contributed by atoms with Gasteiger partial charge in [-0.3, -0.25) is 9.69 Å². The summed E-state index contributed by atoms with van der Waals surface area (Å²) in [7, 11) is 2.00. The first kappa shape index (κ1) is 14.1. The van der Waals surface area contributed by atoms with Gasteiger partial charge in [-0.15, -0.1) is 10.2 Å². The van der Waals surface area contributed by atoms with Gasteiger partial charge >= 0.3 is 0 Å². The molecule has 0 aromatic carbocycles. The van der Waals surface area contributed by atoms with Crippen LogP contribution in [-0.4, -0.2) is 68.9 Å². The Morgan fingerprint density at radius 2 is 2.18 bits per heavy atom. The Balaban J connectivity index is 1.51. The number of likely N-dealkylation sites (N-methyl/N-ethyl adjacent to an activating group) is 1. The van der Waals surface area contributed by atoms with Crippen molar-refractivity contribution in [2.75, 3.05) is 26.7 Å². The number of hydrogen-bond donors (Lipinski definition) is 0. The highest BCUT2D eigenvalue weighted by Crippen LogP contribution is 2.38. The summed E-state index contributed by atoms with van der Waals surface area (Å²) in [4.78, 5) is 17.1. The number of carbonyl (C=O) groups excluding carboxylic acids is 1. The Morgan fingerprint density at radius 3 is 2.91 bits per heavy atom. The SMILES string of the molecule is Cc1nnc2n1CC(C(=O)N1CCOC3(CCC3)C1)N(C)C2. The van der Waals surface area contributed by atoms with E-state index in [4.69, 9.17) is 4.74 Å². The molecule has 2 aliphatic heterocycles. The molecule has 22 heavy (non-hydrogen) atoms. The van der Waals surface area contributed by atoms with Crippen LogP contribution < -0.4 is 0 Å². The molecule has 0 N–H and O–H groups in total. The number of morpholine rings is 1. The maximum absolute atomic E-state index is 13.0. The number of nitrogens with zero attached hydrogens (tertiary/aromatic N) is 5. The largest absolute Gasteiger partial charge is 0.371 e. The normalized spacial score (nSPS) is 27.5. The molecule has 4 rings (SSSR count). The van der Waals surface area contributed by atoms with Gasteiger partial charge in [-0.1, -0.05) is 0 Å². The molecule has 1 amide bonds. The lowest BCUT2D eigenvalue weighted by atomic mass is 9.78. The number of carbonyl (C=O) groups is 1. The van der Waals surface area contributed by atoms with Crippen molar-refractivity contribution in [3.63, 3.8) is 0 Å². The molecule has 2 fully saturated rings. The summed E-state index contributed by atoms with van der Waals surface area (Å²) in [6, 6.07) is -0.127. The molecule has 1 atom stereocenters. The van der Waals surface area contributed by atoms with Gasteiger partial charge in [-0.2, -0.15) is 0 Å². The number of hydrogen-bond acceptors (Lipinski definition) is 5. The molecule has 7 nitrogen and oxygen atoms in total. The third-order valence-corrected chi connectivity index (χ3v) is 5.40. The molecule has 1 aliphatic carbocycles. The molecule has 0 radical (unpaired) electrons. The first-order valence-corrected chi connectivity index (χ1v) is 8.10. The Bertz CT molecular complexity index is 595. The van der Waals surface area contributed by atoms with Crippen LogP contribution in [0.15, 0.2) is 0 Å². The van der Waals surface area contributed by atoms with Crippen LogP contribution in [0.1, 0.15) is 30.9 Å². The summed E-state index contributed by atoms with van der Waals surface area (Å²) in [5.41, 5.74) is -0.0429. The van der Waals surface area contributed by atoms with E-state index in [-0.39, 0.29) is 17.6 Å². The number of rotatable bonds is 1. The molecule has 0 bridgehead atoms. The van der Waals surface area contributed by atoms with Crippen molar-refractivity contribution in [2.45, 2.75) is 50.9 Å². The Labute approximate surface area is 130 Å². The highest BCUT2D eigenvalue weighted by atomic mass is 16.5. The molecular weight excluding hydrogens is 282 g/mol. The average molecular weight is 305 g/mol. The van der Waals surface area contributed by atoms with E-state index >= 15 is 0 Å². The average Bonchev–Trinajstić information content (AvgIpc) is 2.85. The van der Waals surface area contributed by atoms with E-state index < -0.39 is 0 Å². The second kappa shape index (κ2) is 5.03. The van der Waals surface area contributed by atoms with E-state index in [1.54, 1.807) is 0 Å². The van der Waals surface area contributed by atoms with Crippen molar-refractivity contribution in [3.8, 4) is 0 Å². The molecule has 3 aliphatic rings. The van der Waals surface area contributed by atoms with Gasteiger partial charge in [0.15, 0.2) is 0 Å². The molecule has 120 valence electrons. The third kappa shape index (κ3) is 2.14. The number of ether oxygens (including phenoxy) is 1. The molecule has 1 aromatic rings. The van der Waals surface area contributed by atoms with Gasteiger partial charge in [-0.05, 0) is 33.2 Å². The van der Waals surface area contributed by atoms with Crippen LogP contribution in [0.4, 0.5) is 0 Å². The monoisotopic (exact) mass is 305 g/mol. The van der Waals surface area contributed by atoms with Gasteiger partial charge in [0.25, 0.3) is 0 Å². The van der Waals surface area contributed by atoms with Crippen molar-refractivity contribution in [3.05, 3.63) is 11.6 Å². The Hall–Kier alpha value is -1.47. The number of aryl methyl sites for hydroxylation is 1. The van der Waals surface area contributed by atoms with Gasteiger partial charge in [0, 0.05) is 13.1 Å². The topological polar surface area (TPSA) is 63.5 Å². The lowest BCUT2D eigenvalue weighted by Gasteiger charge is -2.49. The summed E-state index contributed by atoms with van der Waals surface area (Å²) in [5, 5.41) is 8.31. The van der Waals surface area contributed by atoms with Crippen molar-refractivity contribution in [2.24, 2.45) is 0 Å². The van der Waals surface area contributed by atoms with Crippen LogP contribution in [0.25, 0.3) is 0 Å². The van der Waals surface area contributed by atoms with E-state index in [0.29, 0.717) is 26.2 Å². The summed E-state index contributed by atoms with van der Waals surface area (Å²) < 4.78 is 8.00. The van der Waals surface area contributed by atoms with Crippen LogP contribution in [0.2, 0.25) is 0 Å². The second-order valence-electron chi connectivity index (χ2n) is 6.85. The van der Waals surface area contributed by atoms with E-state index in [9.17, 15) is 4.79 Å². The zero-order chi connectivity index (χ0) is 15.3. The second-order valence-corrected chi connectivity index (χ2v) is 6.85. The standard InChI is InChI=1S/C15H23N5O2/c1-11-16-17-13-9-18(2)12(8-20(11)13)14(21)19-6-7-22-15(10-19)4-3-5-15/h12H,3-10H2,1-2H3. The molecule has 7 heteroatoms. The molecule has 1 saturated heterocycles. The quantitative estimate of drug-likeness (QED) is 0.741. The van der Waals surface area contributed by atoms with E-state index in [1.807, 2.05) is 18.9 Å². The third-order valence-electron chi connectivity index (χ3n) is 5.40.